The third-order valence-electron chi connectivity index (χ3n) is 5.59. The Labute approximate surface area is 144 Å². The molecule has 0 bridgehead atoms. The first kappa shape index (κ1) is 16.1. The summed E-state index contributed by atoms with van der Waals surface area (Å²) >= 11 is 0. The number of alkyl halides is 2. The molecule has 2 aliphatic carbocycles. The highest BCUT2D eigenvalue weighted by Crippen LogP contribution is 2.60. The van der Waals surface area contributed by atoms with Crippen molar-refractivity contribution in [3.8, 4) is 11.1 Å². The van der Waals surface area contributed by atoms with Crippen LogP contribution in [0.1, 0.15) is 48.4 Å². The second kappa shape index (κ2) is 5.83. The van der Waals surface area contributed by atoms with Gasteiger partial charge in [0.25, 0.3) is 6.43 Å². The van der Waals surface area contributed by atoms with E-state index in [0.29, 0.717) is 0 Å². The highest BCUT2D eigenvalue weighted by molar-refractivity contribution is 5.68. The maximum Gasteiger partial charge on any atom is 0.405 e. The van der Waals surface area contributed by atoms with Gasteiger partial charge in [-0.05, 0) is 59.4 Å². The third kappa shape index (κ3) is 2.88. The van der Waals surface area contributed by atoms with Gasteiger partial charge < -0.3 is 10.4 Å². The molecule has 1 atom stereocenters. The number of hydrogen-bond donors (Lipinski definition) is 2. The van der Waals surface area contributed by atoms with Crippen LogP contribution in [0, 0.1) is 5.41 Å². The number of aryl methyl sites for hydroxylation is 1. The number of carbonyl (C=O) groups is 1. The number of fused-ring (bicyclic) bond motifs is 1. The van der Waals surface area contributed by atoms with Gasteiger partial charge in [-0.2, -0.15) is 0 Å². The molecule has 2 aliphatic rings. The fraction of sp³-hybridized carbons (Fsp3) is 0.350. The molecule has 1 saturated carbocycles. The molecule has 2 N–H and O–H groups in total. The van der Waals surface area contributed by atoms with E-state index in [0.717, 1.165) is 47.9 Å². The van der Waals surface area contributed by atoms with Crippen LogP contribution in [0.25, 0.3) is 11.1 Å². The molecule has 1 spiro atoms. The highest BCUT2D eigenvalue weighted by atomic mass is 19.3. The fourth-order valence-corrected chi connectivity index (χ4v) is 4.05. The molecule has 0 radical (unpaired) electrons. The lowest BCUT2D eigenvalue weighted by Gasteiger charge is -2.34. The van der Waals surface area contributed by atoms with Crippen LogP contribution in [0.15, 0.2) is 42.5 Å². The molecule has 2 aromatic carbocycles. The van der Waals surface area contributed by atoms with Crippen LogP contribution in [0.2, 0.25) is 0 Å². The minimum absolute atomic E-state index is 0.0116. The van der Waals surface area contributed by atoms with E-state index in [4.69, 9.17) is 0 Å². The van der Waals surface area contributed by atoms with Gasteiger partial charge in [0, 0.05) is 5.56 Å². The van der Waals surface area contributed by atoms with Gasteiger partial charge in [0.15, 0.2) is 0 Å². The largest absolute Gasteiger partial charge is 0.465 e. The second-order valence-corrected chi connectivity index (χ2v) is 7.08. The van der Waals surface area contributed by atoms with Gasteiger partial charge in [0.2, 0.25) is 0 Å². The second-order valence-electron chi connectivity index (χ2n) is 7.08. The molecule has 0 heterocycles. The Morgan fingerprint density at radius 1 is 1.12 bits per heavy atom. The van der Waals surface area contributed by atoms with Gasteiger partial charge in [-0.25, -0.2) is 13.6 Å². The summed E-state index contributed by atoms with van der Waals surface area (Å²) < 4.78 is 25.9. The molecule has 0 aromatic heterocycles. The van der Waals surface area contributed by atoms with E-state index in [2.05, 4.69) is 5.32 Å². The quantitative estimate of drug-likeness (QED) is 0.792. The minimum atomic E-state index is -2.49. The zero-order valence-corrected chi connectivity index (χ0v) is 13.6. The first-order valence-corrected chi connectivity index (χ1v) is 8.49. The minimum Gasteiger partial charge on any atom is -0.465 e. The summed E-state index contributed by atoms with van der Waals surface area (Å²) in [6.45, 7) is 0. The lowest BCUT2D eigenvalue weighted by molar-refractivity contribution is 0.151. The summed E-state index contributed by atoms with van der Waals surface area (Å²) in [5, 5.41) is 11.9. The molecule has 4 rings (SSSR count). The molecule has 1 amide bonds. The number of amides is 1. The van der Waals surface area contributed by atoms with Crippen molar-refractivity contribution >= 4 is 6.09 Å². The van der Waals surface area contributed by atoms with Crippen molar-refractivity contribution in [2.75, 3.05) is 0 Å². The van der Waals surface area contributed by atoms with Crippen LogP contribution in [-0.4, -0.2) is 11.2 Å². The summed E-state index contributed by atoms with van der Waals surface area (Å²) in [4.78, 5) is 11.2. The molecule has 3 nitrogen and oxygen atoms in total. The van der Waals surface area contributed by atoms with E-state index in [-0.39, 0.29) is 17.0 Å². The van der Waals surface area contributed by atoms with E-state index in [1.807, 2.05) is 24.3 Å². The van der Waals surface area contributed by atoms with Crippen LogP contribution in [0.3, 0.4) is 0 Å². The summed E-state index contributed by atoms with van der Waals surface area (Å²) in [7, 11) is 0. The van der Waals surface area contributed by atoms with Crippen LogP contribution in [-0.2, 0) is 6.42 Å². The molecule has 5 heteroatoms. The van der Waals surface area contributed by atoms with Crippen LogP contribution >= 0.6 is 0 Å². The number of rotatable bonds is 3. The summed E-state index contributed by atoms with van der Waals surface area (Å²) in [5.41, 5.74) is 3.87. The van der Waals surface area contributed by atoms with Gasteiger partial charge in [-0.3, -0.25) is 0 Å². The van der Waals surface area contributed by atoms with E-state index in [1.54, 1.807) is 6.07 Å². The Kier molecular flexibility index (Phi) is 3.74. The van der Waals surface area contributed by atoms with Gasteiger partial charge in [0.1, 0.15) is 0 Å². The Morgan fingerprint density at radius 3 is 2.56 bits per heavy atom. The van der Waals surface area contributed by atoms with Crippen LogP contribution in [0.5, 0.6) is 0 Å². The van der Waals surface area contributed by atoms with Crippen LogP contribution in [0.4, 0.5) is 13.6 Å². The van der Waals surface area contributed by atoms with E-state index in [9.17, 15) is 18.7 Å². The SMILES string of the molecule is O=C(O)NC1c2ccc(-c3cccc(C(F)F)c3)cc2CCC12CC2. The smallest absolute Gasteiger partial charge is 0.405 e. The number of hydrogen-bond acceptors (Lipinski definition) is 1. The summed E-state index contributed by atoms with van der Waals surface area (Å²) in [6.07, 6.45) is 0.473. The fourth-order valence-electron chi connectivity index (χ4n) is 4.05. The standard InChI is InChI=1S/C20H19F2NO2/c21-18(22)15-3-1-2-12(11-15)13-4-5-16-14(10-13)6-7-20(8-9-20)17(16)23-19(24)25/h1-5,10-11,17-18,23H,6-9H2,(H,24,25). The zero-order chi connectivity index (χ0) is 17.6. The highest BCUT2D eigenvalue weighted by Gasteiger charge is 2.52. The molecule has 0 aliphatic heterocycles. The van der Waals surface area contributed by atoms with Crippen molar-refractivity contribution in [3.05, 3.63) is 59.2 Å². The van der Waals surface area contributed by atoms with E-state index in [1.165, 1.54) is 12.1 Å². The maximum absolute atomic E-state index is 12.9. The number of halogens is 2. The van der Waals surface area contributed by atoms with E-state index < -0.39 is 12.5 Å². The maximum atomic E-state index is 12.9. The van der Waals surface area contributed by atoms with Crippen LogP contribution < -0.4 is 5.32 Å². The molecule has 0 saturated heterocycles. The summed E-state index contributed by atoms with van der Waals surface area (Å²) in [6, 6.07) is 12.1. The van der Waals surface area contributed by atoms with Crippen molar-refractivity contribution in [2.45, 2.75) is 38.2 Å². The number of benzene rings is 2. The molecule has 25 heavy (non-hydrogen) atoms. The number of carboxylic acid groups (broad SMARTS) is 1. The molecular weight excluding hydrogens is 324 g/mol. The lowest BCUT2D eigenvalue weighted by atomic mass is 9.76. The third-order valence-corrected chi connectivity index (χ3v) is 5.59. The zero-order valence-electron chi connectivity index (χ0n) is 13.6. The van der Waals surface area contributed by atoms with Gasteiger partial charge in [-0.15, -0.1) is 0 Å². The Hall–Kier alpha value is -2.43. The predicted molar refractivity (Wildman–Crippen MR) is 90.7 cm³/mol. The first-order chi connectivity index (χ1) is 12.0. The van der Waals surface area contributed by atoms with Crippen molar-refractivity contribution in [1.82, 2.24) is 5.32 Å². The Bertz CT molecular complexity index is 830. The Morgan fingerprint density at radius 2 is 1.88 bits per heavy atom. The average Bonchev–Trinajstić information content (AvgIpc) is 3.37. The first-order valence-electron chi connectivity index (χ1n) is 8.49. The topological polar surface area (TPSA) is 49.3 Å². The molecule has 130 valence electrons. The lowest BCUT2D eigenvalue weighted by Crippen LogP contribution is -2.36. The van der Waals surface area contributed by atoms with E-state index >= 15 is 0 Å². The van der Waals surface area contributed by atoms with Gasteiger partial charge in [0.05, 0.1) is 6.04 Å². The monoisotopic (exact) mass is 343 g/mol. The molecule has 1 fully saturated rings. The molecule has 2 aromatic rings. The van der Waals surface area contributed by atoms with Crippen molar-refractivity contribution in [1.29, 1.82) is 0 Å². The van der Waals surface area contributed by atoms with Crippen molar-refractivity contribution in [2.24, 2.45) is 5.41 Å². The molecular formula is C20H19F2NO2. The average molecular weight is 343 g/mol. The Balaban J connectivity index is 1.71. The van der Waals surface area contributed by atoms with Crippen molar-refractivity contribution in [3.63, 3.8) is 0 Å². The molecule has 1 unspecified atom stereocenters. The summed E-state index contributed by atoms with van der Waals surface area (Å²) in [5.74, 6) is 0. The van der Waals surface area contributed by atoms with Gasteiger partial charge >= 0.3 is 6.09 Å². The van der Waals surface area contributed by atoms with Crippen molar-refractivity contribution < 1.29 is 18.7 Å². The van der Waals surface area contributed by atoms with Gasteiger partial charge in [-0.1, -0.05) is 36.4 Å². The normalized spacial score (nSPS) is 20.4. The predicted octanol–water partition coefficient (Wildman–Crippen LogP) is 5.33. The number of nitrogens with one attached hydrogen (secondary N) is 1.